The first-order chi connectivity index (χ1) is 8.20. The Labute approximate surface area is 98.0 Å². The number of hydrogen-bond acceptors (Lipinski definition) is 3. The predicted molar refractivity (Wildman–Crippen MR) is 62.6 cm³/mol. The Balaban J connectivity index is 2.18. The van der Waals surface area contributed by atoms with Crippen molar-refractivity contribution in [2.75, 3.05) is 0 Å². The van der Waals surface area contributed by atoms with E-state index in [-0.39, 0.29) is 5.56 Å². The first kappa shape index (κ1) is 11.4. The molecule has 0 amide bonds. The fraction of sp³-hybridized carbons (Fsp3) is 0.417. The molecule has 1 N–H and O–H groups in total. The molecule has 1 aromatic heterocycles. The van der Waals surface area contributed by atoms with E-state index in [0.29, 0.717) is 6.54 Å². The van der Waals surface area contributed by atoms with Crippen LogP contribution in [0, 0.1) is 11.3 Å². The molecule has 5 nitrogen and oxygen atoms in total. The highest BCUT2D eigenvalue weighted by Gasteiger charge is 2.07. The summed E-state index contributed by atoms with van der Waals surface area (Å²) in [6.45, 7) is 0.510. The zero-order valence-corrected chi connectivity index (χ0v) is 9.40. The summed E-state index contributed by atoms with van der Waals surface area (Å²) in [5.74, 6) is 0. The zero-order chi connectivity index (χ0) is 12.3. The highest BCUT2D eigenvalue weighted by Crippen LogP contribution is 2.20. The number of H-pyrrole nitrogens is 1. The number of allylic oxidation sites excluding steroid dienone is 2. The molecule has 0 radical (unpaired) electrons. The second-order valence-electron chi connectivity index (χ2n) is 4.11. The van der Waals surface area contributed by atoms with E-state index in [1.807, 2.05) is 0 Å². The lowest BCUT2D eigenvalue weighted by Gasteiger charge is -2.05. The van der Waals surface area contributed by atoms with Crippen molar-refractivity contribution in [1.29, 1.82) is 5.26 Å². The maximum Gasteiger partial charge on any atom is 0.328 e. The quantitative estimate of drug-likeness (QED) is 0.785. The van der Waals surface area contributed by atoms with Gasteiger partial charge in [0.05, 0.1) is 0 Å². The van der Waals surface area contributed by atoms with Gasteiger partial charge in [-0.25, -0.2) is 4.79 Å². The molecule has 0 fully saturated rings. The van der Waals surface area contributed by atoms with Crippen molar-refractivity contribution in [2.24, 2.45) is 0 Å². The van der Waals surface area contributed by atoms with Crippen LogP contribution in [0.1, 0.15) is 31.2 Å². The summed E-state index contributed by atoms with van der Waals surface area (Å²) in [4.78, 5) is 24.8. The molecule has 17 heavy (non-hydrogen) atoms. The van der Waals surface area contributed by atoms with E-state index >= 15 is 0 Å². The first-order valence-corrected chi connectivity index (χ1v) is 5.62. The lowest BCUT2D eigenvalue weighted by atomic mass is 10.2. The minimum atomic E-state index is -0.617. The number of aryl methyl sites for hydroxylation is 1. The Hall–Kier alpha value is -2.09. The molecule has 5 heteroatoms. The average molecular weight is 231 g/mol. The van der Waals surface area contributed by atoms with Gasteiger partial charge in [0.15, 0.2) is 0 Å². The average Bonchev–Trinajstić information content (AvgIpc) is 2.81. The van der Waals surface area contributed by atoms with Crippen molar-refractivity contribution in [1.82, 2.24) is 9.55 Å². The molecule has 0 aliphatic heterocycles. The van der Waals surface area contributed by atoms with E-state index in [0.717, 1.165) is 19.3 Å². The van der Waals surface area contributed by atoms with Crippen molar-refractivity contribution in [3.05, 3.63) is 44.2 Å². The van der Waals surface area contributed by atoms with E-state index in [1.54, 1.807) is 6.07 Å². The molecule has 1 aliphatic rings. The van der Waals surface area contributed by atoms with Crippen LogP contribution in [-0.4, -0.2) is 9.55 Å². The van der Waals surface area contributed by atoms with Gasteiger partial charge in [-0.05, 0) is 25.7 Å². The van der Waals surface area contributed by atoms with Gasteiger partial charge in [0.1, 0.15) is 11.6 Å². The Morgan fingerprint density at radius 1 is 1.47 bits per heavy atom. The number of hydrogen-bond donors (Lipinski definition) is 1. The van der Waals surface area contributed by atoms with Gasteiger partial charge in [-0.1, -0.05) is 11.6 Å². The van der Waals surface area contributed by atoms with Crippen LogP contribution in [0.2, 0.25) is 0 Å². The van der Waals surface area contributed by atoms with Gasteiger partial charge in [-0.15, -0.1) is 0 Å². The van der Waals surface area contributed by atoms with Crippen LogP contribution in [0.4, 0.5) is 0 Å². The second-order valence-corrected chi connectivity index (χ2v) is 4.11. The molecule has 0 saturated carbocycles. The van der Waals surface area contributed by atoms with E-state index in [1.165, 1.54) is 22.8 Å². The molecule has 0 aromatic carbocycles. The molecule has 0 saturated heterocycles. The van der Waals surface area contributed by atoms with Crippen LogP contribution in [-0.2, 0) is 6.54 Å². The number of rotatable bonds is 3. The van der Waals surface area contributed by atoms with Crippen LogP contribution in [0.5, 0.6) is 0 Å². The zero-order valence-electron chi connectivity index (χ0n) is 9.40. The highest BCUT2D eigenvalue weighted by atomic mass is 16.2. The molecular weight excluding hydrogens is 218 g/mol. The summed E-state index contributed by atoms with van der Waals surface area (Å²) < 4.78 is 1.39. The minimum absolute atomic E-state index is 0.0231. The lowest BCUT2D eigenvalue weighted by molar-refractivity contribution is 0.633. The number of nitriles is 1. The monoisotopic (exact) mass is 231 g/mol. The van der Waals surface area contributed by atoms with Crippen LogP contribution in [0.3, 0.4) is 0 Å². The summed E-state index contributed by atoms with van der Waals surface area (Å²) in [6.07, 6.45) is 7.71. The first-order valence-electron chi connectivity index (χ1n) is 5.62. The Morgan fingerprint density at radius 2 is 2.29 bits per heavy atom. The van der Waals surface area contributed by atoms with Gasteiger partial charge in [-0.2, -0.15) is 5.26 Å². The number of aromatic nitrogens is 2. The molecule has 0 spiro atoms. The van der Waals surface area contributed by atoms with Crippen molar-refractivity contribution in [3.63, 3.8) is 0 Å². The van der Waals surface area contributed by atoms with Gasteiger partial charge in [-0.3, -0.25) is 14.3 Å². The van der Waals surface area contributed by atoms with Gasteiger partial charge >= 0.3 is 5.69 Å². The van der Waals surface area contributed by atoms with E-state index < -0.39 is 11.2 Å². The van der Waals surface area contributed by atoms with E-state index in [9.17, 15) is 9.59 Å². The number of aromatic amines is 1. The SMILES string of the molecule is N#Cc1cn(CCC2=CCCC2)c(=O)[nH]c1=O. The van der Waals surface area contributed by atoms with Gasteiger partial charge in [0, 0.05) is 12.7 Å². The second kappa shape index (κ2) is 4.83. The van der Waals surface area contributed by atoms with Gasteiger partial charge in [0.2, 0.25) is 0 Å². The molecule has 2 rings (SSSR count). The van der Waals surface area contributed by atoms with Gasteiger partial charge < -0.3 is 0 Å². The highest BCUT2D eigenvalue weighted by molar-refractivity contribution is 5.21. The number of nitrogens with one attached hydrogen (secondary N) is 1. The Bertz CT molecular complexity index is 601. The summed E-state index contributed by atoms with van der Waals surface area (Å²) >= 11 is 0. The van der Waals surface area contributed by atoms with Crippen LogP contribution in [0.15, 0.2) is 27.4 Å². The van der Waals surface area contributed by atoms with Crippen molar-refractivity contribution in [3.8, 4) is 6.07 Å². The van der Waals surface area contributed by atoms with Crippen molar-refractivity contribution in [2.45, 2.75) is 32.2 Å². The third-order valence-corrected chi connectivity index (χ3v) is 2.94. The predicted octanol–water partition coefficient (Wildman–Crippen LogP) is 0.909. The minimum Gasteiger partial charge on any atom is -0.299 e. The van der Waals surface area contributed by atoms with Crippen molar-refractivity contribution >= 4 is 0 Å². The molecule has 88 valence electrons. The van der Waals surface area contributed by atoms with E-state index in [2.05, 4.69) is 11.1 Å². The largest absolute Gasteiger partial charge is 0.328 e. The molecule has 1 heterocycles. The Morgan fingerprint density at radius 3 is 2.94 bits per heavy atom. The third kappa shape index (κ3) is 2.53. The number of nitrogens with zero attached hydrogens (tertiary/aromatic N) is 2. The molecule has 1 aliphatic carbocycles. The summed E-state index contributed by atoms with van der Waals surface area (Å²) in [6, 6.07) is 1.77. The van der Waals surface area contributed by atoms with Crippen molar-refractivity contribution < 1.29 is 0 Å². The Kier molecular flexibility index (Phi) is 3.24. The normalized spacial score (nSPS) is 14.4. The summed E-state index contributed by atoms with van der Waals surface area (Å²) in [7, 11) is 0. The molecule has 1 aromatic rings. The molecular formula is C12H13N3O2. The van der Waals surface area contributed by atoms with Crippen LogP contribution in [0.25, 0.3) is 0 Å². The van der Waals surface area contributed by atoms with E-state index in [4.69, 9.17) is 5.26 Å². The lowest BCUT2D eigenvalue weighted by Crippen LogP contribution is -2.31. The standard InChI is InChI=1S/C12H13N3O2/c13-7-10-8-15(12(17)14-11(10)16)6-5-9-3-1-2-4-9/h3,8H,1-2,4-6H2,(H,14,16,17). The maximum absolute atomic E-state index is 11.5. The molecule has 0 bridgehead atoms. The van der Waals surface area contributed by atoms with Crippen LogP contribution >= 0.6 is 0 Å². The summed E-state index contributed by atoms with van der Waals surface area (Å²) in [5, 5.41) is 8.72. The summed E-state index contributed by atoms with van der Waals surface area (Å²) in [5.41, 5.74) is 0.257. The topological polar surface area (TPSA) is 78.7 Å². The third-order valence-electron chi connectivity index (χ3n) is 2.94. The van der Waals surface area contributed by atoms with Gasteiger partial charge in [0.25, 0.3) is 5.56 Å². The fourth-order valence-corrected chi connectivity index (χ4v) is 1.98. The molecule has 0 atom stereocenters. The molecule has 0 unspecified atom stereocenters. The fourth-order valence-electron chi connectivity index (χ4n) is 1.98. The maximum atomic E-state index is 11.5. The van der Waals surface area contributed by atoms with Crippen LogP contribution < -0.4 is 11.2 Å². The smallest absolute Gasteiger partial charge is 0.299 e.